The summed E-state index contributed by atoms with van der Waals surface area (Å²) in [6, 6.07) is 27.0. The fraction of sp³-hybridized carbons (Fsp3) is 0.120. The molecular weight excluding hydrogens is 468 g/mol. The molecule has 0 unspecified atom stereocenters. The van der Waals surface area contributed by atoms with Crippen molar-refractivity contribution in [2.75, 3.05) is 4.90 Å². The fourth-order valence-corrected chi connectivity index (χ4v) is 4.79. The monoisotopic (exact) mass is 488 g/mol. The molecule has 3 heterocycles. The number of halogens is 1. The maximum Gasteiger partial charge on any atom is 0.174 e. The number of anilines is 1. The van der Waals surface area contributed by atoms with Crippen molar-refractivity contribution in [1.82, 2.24) is 14.9 Å². The van der Waals surface area contributed by atoms with Gasteiger partial charge in [-0.1, -0.05) is 34.1 Å². The molecule has 0 spiro atoms. The smallest absolute Gasteiger partial charge is 0.174 e. The molecule has 0 radical (unpaired) electrons. The van der Waals surface area contributed by atoms with Gasteiger partial charge in [0.1, 0.15) is 6.04 Å². The Morgan fingerprint density at radius 3 is 2.52 bits per heavy atom. The van der Waals surface area contributed by atoms with Crippen LogP contribution >= 0.6 is 28.1 Å². The van der Waals surface area contributed by atoms with Crippen LogP contribution in [0.3, 0.4) is 0 Å². The molecule has 2 atom stereocenters. The number of benzene rings is 2. The Balaban J connectivity index is 1.67. The fourth-order valence-electron chi connectivity index (χ4n) is 4.18. The molecule has 2 aromatic heterocycles. The van der Waals surface area contributed by atoms with E-state index in [0.29, 0.717) is 5.11 Å². The van der Waals surface area contributed by atoms with Crippen LogP contribution in [0.15, 0.2) is 95.7 Å². The van der Waals surface area contributed by atoms with Crippen LogP contribution in [0.1, 0.15) is 29.0 Å². The highest BCUT2D eigenvalue weighted by Gasteiger charge is 2.42. The van der Waals surface area contributed by atoms with E-state index >= 15 is 0 Å². The van der Waals surface area contributed by atoms with Crippen LogP contribution in [0.4, 0.5) is 5.69 Å². The lowest BCUT2D eigenvalue weighted by Gasteiger charge is -2.29. The first-order chi connectivity index (χ1) is 15.1. The summed E-state index contributed by atoms with van der Waals surface area (Å²) in [4.78, 5) is 6.87. The molecule has 5 rings (SSSR count). The van der Waals surface area contributed by atoms with Crippen molar-refractivity contribution in [1.29, 1.82) is 0 Å². The van der Waals surface area contributed by atoms with Crippen LogP contribution < -0.4 is 10.2 Å². The van der Waals surface area contributed by atoms with E-state index in [4.69, 9.17) is 12.2 Å². The molecule has 0 amide bonds. The van der Waals surface area contributed by atoms with Gasteiger partial charge in [0.15, 0.2) is 5.11 Å². The van der Waals surface area contributed by atoms with E-state index in [0.717, 1.165) is 27.2 Å². The average Bonchev–Trinajstić information content (AvgIpc) is 3.39. The zero-order valence-electron chi connectivity index (χ0n) is 16.9. The van der Waals surface area contributed by atoms with Gasteiger partial charge >= 0.3 is 0 Å². The number of thiocarbonyl (C=S) groups is 1. The van der Waals surface area contributed by atoms with Gasteiger partial charge in [-0.3, -0.25) is 4.98 Å². The zero-order valence-corrected chi connectivity index (χ0v) is 19.3. The maximum atomic E-state index is 5.84. The first-order valence-electron chi connectivity index (χ1n) is 10.1. The summed E-state index contributed by atoms with van der Waals surface area (Å²) in [5, 5.41) is 4.24. The summed E-state index contributed by atoms with van der Waals surface area (Å²) in [7, 11) is 0. The second-order valence-corrected chi connectivity index (χ2v) is 8.92. The standard InChI is InChI=1S/C25H21BrN4S/c1-17-6-4-7-20(16-17)30-24(23(28-25(30)31)21-8-2-3-14-27-21)22-9-5-15-29(22)19-12-10-18(26)11-13-19/h2-16,23-24H,1H3,(H,28,31)/t23-,24-/m1/s1. The minimum absolute atomic E-state index is 0.0529. The van der Waals surface area contributed by atoms with Crippen molar-refractivity contribution in [3.63, 3.8) is 0 Å². The molecule has 31 heavy (non-hydrogen) atoms. The van der Waals surface area contributed by atoms with Gasteiger partial charge in [0, 0.05) is 33.9 Å². The molecule has 0 bridgehead atoms. The van der Waals surface area contributed by atoms with Gasteiger partial charge in [-0.05, 0) is 85.4 Å². The molecule has 2 aromatic carbocycles. The van der Waals surface area contributed by atoms with Crippen molar-refractivity contribution in [3.8, 4) is 5.69 Å². The largest absolute Gasteiger partial charge is 0.351 e. The number of hydrogen-bond acceptors (Lipinski definition) is 2. The lowest BCUT2D eigenvalue weighted by atomic mass is 10.0. The molecule has 0 saturated carbocycles. The Labute approximate surface area is 195 Å². The van der Waals surface area contributed by atoms with E-state index in [2.05, 4.69) is 116 Å². The summed E-state index contributed by atoms with van der Waals surface area (Å²) < 4.78 is 3.28. The van der Waals surface area contributed by atoms with E-state index in [1.165, 1.54) is 5.56 Å². The van der Waals surface area contributed by atoms with Gasteiger partial charge in [0.05, 0.1) is 11.7 Å². The number of aromatic nitrogens is 2. The Hall–Kier alpha value is -2.96. The molecular formula is C25H21BrN4S. The van der Waals surface area contributed by atoms with Crippen molar-refractivity contribution >= 4 is 38.9 Å². The molecule has 4 aromatic rings. The summed E-state index contributed by atoms with van der Waals surface area (Å²) in [6.45, 7) is 2.10. The summed E-state index contributed by atoms with van der Waals surface area (Å²) >= 11 is 9.38. The molecule has 154 valence electrons. The van der Waals surface area contributed by atoms with Crippen LogP contribution in [-0.4, -0.2) is 14.7 Å². The molecule has 1 aliphatic rings. The molecule has 1 saturated heterocycles. The van der Waals surface area contributed by atoms with E-state index < -0.39 is 0 Å². The highest BCUT2D eigenvalue weighted by molar-refractivity contribution is 9.10. The summed E-state index contributed by atoms with van der Waals surface area (Å²) in [5.74, 6) is 0. The first kappa shape index (κ1) is 20.0. The molecule has 1 fully saturated rings. The van der Waals surface area contributed by atoms with Gasteiger partial charge in [-0.2, -0.15) is 0 Å². The van der Waals surface area contributed by atoms with Crippen molar-refractivity contribution in [3.05, 3.63) is 113 Å². The highest BCUT2D eigenvalue weighted by Crippen LogP contribution is 2.42. The van der Waals surface area contributed by atoms with Gasteiger partial charge < -0.3 is 14.8 Å². The average molecular weight is 489 g/mol. The van der Waals surface area contributed by atoms with Crippen LogP contribution in [0.25, 0.3) is 5.69 Å². The van der Waals surface area contributed by atoms with E-state index in [1.807, 2.05) is 18.3 Å². The number of nitrogens with one attached hydrogen (secondary N) is 1. The third-order valence-electron chi connectivity index (χ3n) is 5.57. The molecule has 1 N–H and O–H groups in total. The second kappa shape index (κ2) is 8.29. The number of rotatable bonds is 4. The van der Waals surface area contributed by atoms with Crippen LogP contribution in [0.5, 0.6) is 0 Å². The minimum atomic E-state index is -0.0710. The SMILES string of the molecule is Cc1cccc(N2C(=S)N[C@H](c3ccccn3)[C@H]2c2cccn2-c2ccc(Br)cc2)c1. The first-order valence-corrected chi connectivity index (χ1v) is 11.3. The molecule has 4 nitrogen and oxygen atoms in total. The third kappa shape index (κ3) is 3.77. The Morgan fingerprint density at radius 1 is 0.935 bits per heavy atom. The summed E-state index contributed by atoms with van der Waals surface area (Å²) in [6.07, 6.45) is 3.93. The van der Waals surface area contributed by atoms with Crippen LogP contribution in [0.2, 0.25) is 0 Å². The Kier molecular flexibility index (Phi) is 5.34. The Morgan fingerprint density at radius 2 is 1.77 bits per heavy atom. The number of aryl methyl sites for hydroxylation is 1. The normalized spacial score (nSPS) is 18.3. The summed E-state index contributed by atoms with van der Waals surface area (Å²) in [5.41, 5.74) is 5.48. The predicted octanol–water partition coefficient (Wildman–Crippen LogP) is 6.12. The van der Waals surface area contributed by atoms with Gasteiger partial charge in [-0.15, -0.1) is 0 Å². The lowest BCUT2D eigenvalue weighted by molar-refractivity contribution is 0.549. The van der Waals surface area contributed by atoms with Crippen LogP contribution in [0, 0.1) is 6.92 Å². The molecule has 1 aliphatic heterocycles. The highest BCUT2D eigenvalue weighted by atomic mass is 79.9. The third-order valence-corrected chi connectivity index (χ3v) is 6.41. The number of pyridine rings is 1. The van der Waals surface area contributed by atoms with Gasteiger partial charge in [0.25, 0.3) is 0 Å². The zero-order chi connectivity index (χ0) is 21.4. The Bertz CT molecular complexity index is 1220. The van der Waals surface area contributed by atoms with Crippen molar-refractivity contribution < 1.29 is 0 Å². The topological polar surface area (TPSA) is 33.1 Å². The minimum Gasteiger partial charge on any atom is -0.351 e. The molecule has 0 aliphatic carbocycles. The van der Waals surface area contributed by atoms with Crippen molar-refractivity contribution in [2.45, 2.75) is 19.0 Å². The van der Waals surface area contributed by atoms with Crippen molar-refractivity contribution in [2.24, 2.45) is 0 Å². The van der Waals surface area contributed by atoms with E-state index in [-0.39, 0.29) is 12.1 Å². The molecule has 6 heteroatoms. The van der Waals surface area contributed by atoms with Gasteiger partial charge in [-0.25, -0.2) is 0 Å². The maximum absolute atomic E-state index is 5.84. The number of nitrogens with zero attached hydrogens (tertiary/aromatic N) is 3. The number of hydrogen-bond donors (Lipinski definition) is 1. The van der Waals surface area contributed by atoms with E-state index in [9.17, 15) is 0 Å². The van der Waals surface area contributed by atoms with Crippen LogP contribution in [-0.2, 0) is 0 Å². The van der Waals surface area contributed by atoms with Gasteiger partial charge in [0.2, 0.25) is 0 Å². The second-order valence-electron chi connectivity index (χ2n) is 7.62. The quantitative estimate of drug-likeness (QED) is 0.350. The van der Waals surface area contributed by atoms with E-state index in [1.54, 1.807) is 0 Å². The predicted molar refractivity (Wildman–Crippen MR) is 133 cm³/mol. The lowest BCUT2D eigenvalue weighted by Crippen LogP contribution is -2.30.